The average Bonchev–Trinajstić information content (AvgIpc) is 2.10. The summed E-state index contributed by atoms with van der Waals surface area (Å²) in [5, 5.41) is 0. The predicted octanol–water partition coefficient (Wildman–Crippen LogP) is 0.218. The summed E-state index contributed by atoms with van der Waals surface area (Å²) >= 11 is 0. The molecule has 5 nitrogen and oxygen atoms in total. The summed E-state index contributed by atoms with van der Waals surface area (Å²) in [7, 11) is 1.57. The Balaban J connectivity index is 3.17. The van der Waals surface area contributed by atoms with Gasteiger partial charge in [0.05, 0.1) is 17.9 Å². The number of nitrogens with zero attached hydrogens (tertiary/aromatic N) is 1. The Morgan fingerprint density at radius 1 is 1.64 bits per heavy atom. The zero-order chi connectivity index (χ0) is 10.7. The molecule has 0 aliphatic carbocycles. The third kappa shape index (κ3) is 2.00. The van der Waals surface area contributed by atoms with Gasteiger partial charge < -0.3 is 16.2 Å². The minimum absolute atomic E-state index is 0.148. The molecule has 1 rings (SSSR count). The van der Waals surface area contributed by atoms with Crippen molar-refractivity contribution in [3.05, 3.63) is 22.9 Å². The zero-order valence-electron chi connectivity index (χ0n) is 8.20. The number of methoxy groups -OCH3 is 1. The van der Waals surface area contributed by atoms with Crippen LogP contribution < -0.4 is 11.5 Å². The minimum Gasteiger partial charge on any atom is -0.383 e. The summed E-state index contributed by atoms with van der Waals surface area (Å²) in [4.78, 5) is 14.9. The lowest BCUT2D eigenvalue weighted by atomic mass is 10.1. The van der Waals surface area contributed by atoms with Crippen LogP contribution in [0.1, 0.15) is 21.6 Å². The summed E-state index contributed by atoms with van der Waals surface area (Å²) in [6.07, 6.45) is 0. The maximum absolute atomic E-state index is 10.9. The zero-order valence-corrected chi connectivity index (χ0v) is 8.20. The number of aryl methyl sites for hydroxylation is 1. The van der Waals surface area contributed by atoms with E-state index in [1.54, 1.807) is 13.2 Å². The largest absolute Gasteiger partial charge is 0.383 e. The molecule has 0 bridgehead atoms. The quantitative estimate of drug-likeness (QED) is 0.721. The summed E-state index contributed by atoms with van der Waals surface area (Å²) in [5.74, 6) is -0.419. The van der Waals surface area contributed by atoms with Gasteiger partial charge in [-0.05, 0) is 18.6 Å². The fourth-order valence-electron chi connectivity index (χ4n) is 1.15. The molecule has 1 heterocycles. The van der Waals surface area contributed by atoms with E-state index >= 15 is 0 Å². The van der Waals surface area contributed by atoms with Gasteiger partial charge in [0.1, 0.15) is 5.82 Å². The second-order valence-corrected chi connectivity index (χ2v) is 2.98. The van der Waals surface area contributed by atoms with Gasteiger partial charge in [0.25, 0.3) is 5.91 Å². The fraction of sp³-hybridized carbons (Fsp3) is 0.333. The van der Waals surface area contributed by atoms with Crippen LogP contribution in [0.4, 0.5) is 5.82 Å². The molecule has 76 valence electrons. The maximum Gasteiger partial charge on any atom is 0.252 e. The highest BCUT2D eigenvalue weighted by molar-refractivity contribution is 5.97. The first-order chi connectivity index (χ1) is 6.56. The van der Waals surface area contributed by atoms with E-state index in [1.165, 1.54) is 0 Å². The summed E-state index contributed by atoms with van der Waals surface area (Å²) in [5.41, 5.74) is 12.5. The number of carbonyl (C=O) groups excluding carboxylic acids is 1. The van der Waals surface area contributed by atoms with Crippen molar-refractivity contribution in [3.8, 4) is 0 Å². The molecule has 0 aliphatic rings. The second-order valence-electron chi connectivity index (χ2n) is 2.98. The number of anilines is 1. The van der Waals surface area contributed by atoms with Crippen molar-refractivity contribution in [2.24, 2.45) is 5.73 Å². The maximum atomic E-state index is 10.9. The van der Waals surface area contributed by atoms with Gasteiger partial charge in [0.2, 0.25) is 0 Å². The number of hydrogen-bond donors (Lipinski definition) is 2. The Kier molecular flexibility index (Phi) is 3.03. The standard InChI is InChI=1S/C9H13N3O2/c1-5-3-6(9(11)13)8(10)12-7(5)4-14-2/h3H,4H2,1-2H3,(H2,10,12)(H2,11,13). The first kappa shape index (κ1) is 10.5. The van der Waals surface area contributed by atoms with E-state index in [9.17, 15) is 4.79 Å². The number of hydrogen-bond acceptors (Lipinski definition) is 4. The molecule has 1 aromatic heterocycles. The molecule has 0 unspecified atom stereocenters. The first-order valence-corrected chi connectivity index (χ1v) is 4.11. The van der Waals surface area contributed by atoms with Crippen LogP contribution >= 0.6 is 0 Å². The number of ether oxygens (including phenoxy) is 1. The molecule has 1 aromatic rings. The number of pyridine rings is 1. The van der Waals surface area contributed by atoms with Gasteiger partial charge in [-0.1, -0.05) is 0 Å². The highest BCUT2D eigenvalue weighted by Crippen LogP contribution is 2.14. The van der Waals surface area contributed by atoms with Crippen molar-refractivity contribution in [1.82, 2.24) is 4.98 Å². The van der Waals surface area contributed by atoms with Crippen molar-refractivity contribution in [3.63, 3.8) is 0 Å². The van der Waals surface area contributed by atoms with E-state index in [2.05, 4.69) is 4.98 Å². The van der Waals surface area contributed by atoms with Crippen molar-refractivity contribution < 1.29 is 9.53 Å². The third-order valence-corrected chi connectivity index (χ3v) is 1.89. The Bertz CT molecular complexity index is 363. The molecular weight excluding hydrogens is 182 g/mol. The number of nitrogens with two attached hydrogens (primary N) is 2. The number of rotatable bonds is 3. The van der Waals surface area contributed by atoms with Crippen LogP contribution in [0.25, 0.3) is 0 Å². The van der Waals surface area contributed by atoms with E-state index in [-0.39, 0.29) is 11.4 Å². The minimum atomic E-state index is -0.568. The number of amides is 1. The number of primary amides is 1. The van der Waals surface area contributed by atoms with Gasteiger partial charge in [-0.3, -0.25) is 4.79 Å². The van der Waals surface area contributed by atoms with Crippen LogP contribution in [-0.2, 0) is 11.3 Å². The molecule has 0 saturated heterocycles. The SMILES string of the molecule is COCc1nc(N)c(C(N)=O)cc1C. The summed E-state index contributed by atoms with van der Waals surface area (Å²) < 4.78 is 4.93. The van der Waals surface area contributed by atoms with E-state index < -0.39 is 5.91 Å². The Labute approximate surface area is 82.1 Å². The molecular formula is C9H13N3O2. The monoisotopic (exact) mass is 195 g/mol. The molecule has 0 saturated carbocycles. The van der Waals surface area contributed by atoms with Crippen LogP contribution in [0.15, 0.2) is 6.07 Å². The van der Waals surface area contributed by atoms with Crippen LogP contribution in [-0.4, -0.2) is 18.0 Å². The molecule has 0 spiro atoms. The smallest absolute Gasteiger partial charge is 0.252 e. The third-order valence-electron chi connectivity index (χ3n) is 1.89. The number of nitrogen functional groups attached to an aromatic ring is 1. The van der Waals surface area contributed by atoms with E-state index in [0.717, 1.165) is 11.3 Å². The predicted molar refractivity (Wildman–Crippen MR) is 52.6 cm³/mol. The molecule has 0 atom stereocenters. The van der Waals surface area contributed by atoms with Crippen molar-refractivity contribution >= 4 is 11.7 Å². The molecule has 0 aliphatic heterocycles. The van der Waals surface area contributed by atoms with Crippen molar-refractivity contribution in [2.75, 3.05) is 12.8 Å². The lowest BCUT2D eigenvalue weighted by Crippen LogP contribution is -2.16. The fourth-order valence-corrected chi connectivity index (χ4v) is 1.15. The average molecular weight is 195 g/mol. The van der Waals surface area contributed by atoms with E-state index in [1.807, 2.05) is 6.92 Å². The topological polar surface area (TPSA) is 91.2 Å². The van der Waals surface area contributed by atoms with Crippen molar-refractivity contribution in [2.45, 2.75) is 13.5 Å². The second kappa shape index (κ2) is 4.06. The highest BCUT2D eigenvalue weighted by atomic mass is 16.5. The Hall–Kier alpha value is -1.62. The molecule has 0 radical (unpaired) electrons. The van der Waals surface area contributed by atoms with Gasteiger partial charge in [0, 0.05) is 7.11 Å². The molecule has 0 fully saturated rings. The number of aromatic nitrogens is 1. The van der Waals surface area contributed by atoms with E-state index in [4.69, 9.17) is 16.2 Å². The summed E-state index contributed by atoms with van der Waals surface area (Å²) in [6.45, 7) is 2.20. The van der Waals surface area contributed by atoms with Gasteiger partial charge in [-0.25, -0.2) is 4.98 Å². The highest BCUT2D eigenvalue weighted by Gasteiger charge is 2.10. The molecule has 0 aromatic carbocycles. The lowest BCUT2D eigenvalue weighted by Gasteiger charge is -2.07. The van der Waals surface area contributed by atoms with Crippen LogP contribution in [0.3, 0.4) is 0 Å². The molecule has 4 N–H and O–H groups in total. The van der Waals surface area contributed by atoms with Crippen LogP contribution in [0.5, 0.6) is 0 Å². The van der Waals surface area contributed by atoms with Gasteiger partial charge in [0.15, 0.2) is 0 Å². The molecule has 5 heteroatoms. The first-order valence-electron chi connectivity index (χ1n) is 4.11. The van der Waals surface area contributed by atoms with Gasteiger partial charge in [-0.15, -0.1) is 0 Å². The van der Waals surface area contributed by atoms with Crippen LogP contribution in [0.2, 0.25) is 0 Å². The Morgan fingerprint density at radius 3 is 2.79 bits per heavy atom. The normalized spacial score (nSPS) is 10.1. The lowest BCUT2D eigenvalue weighted by molar-refractivity contribution is 0.100. The van der Waals surface area contributed by atoms with Crippen LogP contribution in [0, 0.1) is 6.92 Å². The Morgan fingerprint density at radius 2 is 2.29 bits per heavy atom. The molecule has 1 amide bonds. The van der Waals surface area contributed by atoms with Gasteiger partial charge >= 0.3 is 0 Å². The summed E-state index contributed by atoms with van der Waals surface area (Å²) in [6, 6.07) is 1.62. The molecule has 14 heavy (non-hydrogen) atoms. The van der Waals surface area contributed by atoms with Gasteiger partial charge in [-0.2, -0.15) is 0 Å². The number of carbonyl (C=O) groups is 1. The van der Waals surface area contributed by atoms with E-state index in [0.29, 0.717) is 6.61 Å². The van der Waals surface area contributed by atoms with Crippen molar-refractivity contribution in [1.29, 1.82) is 0 Å².